The Morgan fingerprint density at radius 1 is 1.14 bits per heavy atom. The summed E-state index contributed by atoms with van der Waals surface area (Å²) in [6.45, 7) is 5.84. The summed E-state index contributed by atoms with van der Waals surface area (Å²) in [5.41, 5.74) is 3.70. The second-order valence-corrected chi connectivity index (χ2v) is 7.78. The highest BCUT2D eigenvalue weighted by Crippen LogP contribution is 2.31. The lowest BCUT2D eigenvalue weighted by molar-refractivity contribution is 0.317. The van der Waals surface area contributed by atoms with Gasteiger partial charge in [-0.15, -0.1) is 0 Å². The van der Waals surface area contributed by atoms with Crippen LogP contribution >= 0.6 is 12.2 Å². The third kappa shape index (κ3) is 4.14. The first-order valence-corrected chi connectivity index (χ1v) is 10.4. The van der Waals surface area contributed by atoms with Crippen molar-refractivity contribution in [2.45, 2.75) is 25.8 Å². The van der Waals surface area contributed by atoms with Crippen molar-refractivity contribution in [1.29, 1.82) is 0 Å². The number of allylic oxidation sites excluding steroid dienone is 1. The number of para-hydroxylation sites is 2. The molecule has 0 spiro atoms. The Balaban J connectivity index is 0.00000240. The monoisotopic (exact) mass is 395 g/mol. The third-order valence-electron chi connectivity index (χ3n) is 5.45. The maximum atomic E-state index is 5.85. The van der Waals surface area contributed by atoms with Crippen LogP contribution in [0.25, 0.3) is 5.57 Å². The summed E-state index contributed by atoms with van der Waals surface area (Å²) in [7, 11) is 0. The van der Waals surface area contributed by atoms with Gasteiger partial charge in [0.25, 0.3) is 0 Å². The molecule has 1 N–H and O–H groups in total. The highest BCUT2D eigenvalue weighted by atomic mass is 32.1. The predicted molar refractivity (Wildman–Crippen MR) is 122 cm³/mol. The summed E-state index contributed by atoms with van der Waals surface area (Å²) in [6.07, 6.45) is 4.08. The Labute approximate surface area is 174 Å². The molecule has 1 unspecified atom stereocenters. The van der Waals surface area contributed by atoms with Crippen molar-refractivity contribution in [2.24, 2.45) is 0 Å². The second kappa shape index (κ2) is 8.65. The van der Waals surface area contributed by atoms with Crippen molar-refractivity contribution in [3.63, 3.8) is 0 Å². The number of thiocarbonyl (C=S) groups is 1. The molecule has 2 aliphatic rings. The number of fused-ring (bicyclic) bond motifs is 1. The molecule has 4 nitrogen and oxygen atoms in total. The molecule has 2 aromatic carbocycles. The molecule has 0 aliphatic carbocycles. The van der Waals surface area contributed by atoms with E-state index in [4.69, 9.17) is 17.0 Å². The lowest BCUT2D eigenvalue weighted by atomic mass is 10.0. The smallest absolute Gasteiger partial charge is 0.173 e. The van der Waals surface area contributed by atoms with E-state index in [0.717, 1.165) is 55.5 Å². The number of nitrogens with one attached hydrogen (secondary N) is 1. The van der Waals surface area contributed by atoms with Gasteiger partial charge in [-0.3, -0.25) is 0 Å². The molecule has 0 bridgehead atoms. The number of ether oxygens (including phenoxy) is 1. The molecular formula is C23H29N3OS. The predicted octanol–water partition coefficient (Wildman–Crippen LogP) is 4.53. The molecule has 0 amide bonds. The van der Waals surface area contributed by atoms with Crippen LogP contribution in [0.15, 0.2) is 60.8 Å². The molecule has 0 saturated carbocycles. The molecule has 1 fully saturated rings. The van der Waals surface area contributed by atoms with Crippen LogP contribution in [0.3, 0.4) is 0 Å². The quantitative estimate of drug-likeness (QED) is 0.754. The van der Waals surface area contributed by atoms with Gasteiger partial charge in [-0.1, -0.05) is 36.4 Å². The van der Waals surface area contributed by atoms with Gasteiger partial charge in [-0.2, -0.15) is 0 Å². The summed E-state index contributed by atoms with van der Waals surface area (Å²) in [4.78, 5) is 4.73. The van der Waals surface area contributed by atoms with Crippen molar-refractivity contribution in [3.05, 3.63) is 66.4 Å². The van der Waals surface area contributed by atoms with Gasteiger partial charge >= 0.3 is 0 Å². The molecule has 2 aliphatic heterocycles. The molecule has 0 aromatic heterocycles. The lowest BCUT2D eigenvalue weighted by Crippen LogP contribution is -2.55. The molecule has 5 heteroatoms. The van der Waals surface area contributed by atoms with Crippen LogP contribution in [0.2, 0.25) is 0 Å². The Kier molecular flexibility index (Phi) is 5.81. The number of rotatable bonds is 2. The van der Waals surface area contributed by atoms with Gasteiger partial charge in [0.1, 0.15) is 5.75 Å². The summed E-state index contributed by atoms with van der Waals surface area (Å²) < 4.78 is 5.85. The topological polar surface area (TPSA) is 27.7 Å². The Morgan fingerprint density at radius 2 is 1.93 bits per heavy atom. The molecule has 1 atom stereocenters. The normalized spacial score (nSPS) is 20.9. The molecule has 4 rings (SSSR count). The van der Waals surface area contributed by atoms with Crippen LogP contribution < -0.4 is 15.0 Å². The summed E-state index contributed by atoms with van der Waals surface area (Å²) in [5.74, 6) is 0.962. The Bertz CT molecular complexity index is 858. The van der Waals surface area contributed by atoms with Gasteiger partial charge < -0.3 is 19.9 Å². The van der Waals surface area contributed by atoms with E-state index in [0.29, 0.717) is 6.04 Å². The number of hydrogen-bond acceptors (Lipinski definition) is 3. The van der Waals surface area contributed by atoms with E-state index < -0.39 is 0 Å². The van der Waals surface area contributed by atoms with E-state index in [9.17, 15) is 0 Å². The molecule has 148 valence electrons. The Morgan fingerprint density at radius 3 is 2.75 bits per heavy atom. The summed E-state index contributed by atoms with van der Waals surface area (Å²) >= 11 is 5.70. The zero-order valence-corrected chi connectivity index (χ0v) is 17.1. The van der Waals surface area contributed by atoms with Crippen LogP contribution in [0.1, 0.15) is 26.8 Å². The standard InChI is InChI=1S/C23H27N3OS.H2/c1-18-17-25(13-14-26(18)20-9-3-2-4-10-20)23(28)24-16-19-8-7-15-27-22-12-6-5-11-21(19)22;/h2-6,9-12,16,18H,7-8,13-15,17H2,1H3,(H,24,28);1H/b19-16-;. The lowest BCUT2D eigenvalue weighted by Gasteiger charge is -2.42. The van der Waals surface area contributed by atoms with E-state index in [-0.39, 0.29) is 1.43 Å². The van der Waals surface area contributed by atoms with Crippen molar-refractivity contribution >= 4 is 28.6 Å². The van der Waals surface area contributed by atoms with Crippen LogP contribution in [0.5, 0.6) is 5.75 Å². The minimum atomic E-state index is 0. The van der Waals surface area contributed by atoms with Crippen LogP contribution in [0, 0.1) is 0 Å². The molecule has 0 radical (unpaired) electrons. The van der Waals surface area contributed by atoms with E-state index in [2.05, 4.69) is 70.7 Å². The molecular weight excluding hydrogens is 366 g/mol. The van der Waals surface area contributed by atoms with Gasteiger partial charge in [-0.25, -0.2) is 0 Å². The minimum Gasteiger partial charge on any atom is -0.493 e. The highest BCUT2D eigenvalue weighted by molar-refractivity contribution is 7.80. The average Bonchev–Trinajstić information content (AvgIpc) is 2.95. The zero-order valence-electron chi connectivity index (χ0n) is 16.3. The van der Waals surface area contributed by atoms with Gasteiger partial charge in [0.05, 0.1) is 6.61 Å². The average molecular weight is 396 g/mol. The second-order valence-electron chi connectivity index (χ2n) is 7.39. The van der Waals surface area contributed by atoms with Crippen molar-refractivity contribution in [3.8, 4) is 5.75 Å². The maximum Gasteiger partial charge on any atom is 0.173 e. The summed E-state index contributed by atoms with van der Waals surface area (Å²) in [5, 5.41) is 4.19. The first kappa shape index (κ1) is 18.8. The van der Waals surface area contributed by atoms with Gasteiger partial charge in [0, 0.05) is 44.6 Å². The van der Waals surface area contributed by atoms with Crippen molar-refractivity contribution < 1.29 is 6.16 Å². The fourth-order valence-corrected chi connectivity index (χ4v) is 4.20. The van der Waals surface area contributed by atoms with Gasteiger partial charge in [0.2, 0.25) is 0 Å². The molecule has 28 heavy (non-hydrogen) atoms. The number of piperazine rings is 1. The van der Waals surface area contributed by atoms with Crippen molar-refractivity contribution in [1.82, 2.24) is 10.2 Å². The SMILES string of the molecule is CC1CN(C(=S)N/C=C2/CCCOc3ccccc32)CCN1c1ccccc1.[HH]. The number of nitrogens with zero attached hydrogens (tertiary/aromatic N) is 2. The van der Waals surface area contributed by atoms with E-state index in [1.54, 1.807) is 0 Å². The number of hydrogen-bond donors (Lipinski definition) is 1. The third-order valence-corrected chi connectivity index (χ3v) is 5.83. The fraction of sp³-hybridized carbons (Fsp3) is 0.348. The summed E-state index contributed by atoms with van der Waals surface area (Å²) in [6, 6.07) is 19.3. The Hall–Kier alpha value is -2.53. The number of benzene rings is 2. The molecule has 2 aromatic rings. The number of anilines is 1. The van der Waals surface area contributed by atoms with E-state index >= 15 is 0 Å². The fourth-order valence-electron chi connectivity index (χ4n) is 3.97. The first-order chi connectivity index (χ1) is 13.7. The minimum absolute atomic E-state index is 0. The van der Waals surface area contributed by atoms with Gasteiger partial charge in [-0.05, 0) is 55.8 Å². The largest absolute Gasteiger partial charge is 0.493 e. The highest BCUT2D eigenvalue weighted by Gasteiger charge is 2.25. The molecule has 2 heterocycles. The van der Waals surface area contributed by atoms with Crippen LogP contribution in [-0.4, -0.2) is 42.3 Å². The van der Waals surface area contributed by atoms with Crippen LogP contribution in [-0.2, 0) is 0 Å². The first-order valence-electron chi connectivity index (χ1n) is 10.0. The molecule has 1 saturated heterocycles. The van der Waals surface area contributed by atoms with Gasteiger partial charge in [0.15, 0.2) is 5.11 Å². The van der Waals surface area contributed by atoms with Crippen LogP contribution in [0.4, 0.5) is 5.69 Å². The van der Waals surface area contributed by atoms with E-state index in [1.165, 1.54) is 11.3 Å². The van der Waals surface area contributed by atoms with E-state index in [1.807, 2.05) is 12.1 Å². The van der Waals surface area contributed by atoms with Crippen molar-refractivity contribution in [2.75, 3.05) is 31.1 Å². The maximum absolute atomic E-state index is 5.85. The zero-order chi connectivity index (χ0) is 19.3.